The van der Waals surface area contributed by atoms with Gasteiger partial charge in [-0.3, -0.25) is 9.59 Å². The van der Waals surface area contributed by atoms with Gasteiger partial charge in [-0.25, -0.2) is 4.98 Å². The first-order chi connectivity index (χ1) is 11.1. The van der Waals surface area contributed by atoms with Gasteiger partial charge in [0.25, 0.3) is 5.91 Å². The number of hydrogen-bond donors (Lipinski definition) is 1. The molecule has 120 valence electrons. The Balaban J connectivity index is 1.53. The van der Waals surface area contributed by atoms with E-state index in [1.54, 1.807) is 23.2 Å². The van der Waals surface area contributed by atoms with Crippen LogP contribution in [0, 0.1) is 12.8 Å². The van der Waals surface area contributed by atoms with E-state index in [0.29, 0.717) is 37.3 Å². The lowest BCUT2D eigenvalue weighted by molar-refractivity contribution is -0.121. The molecule has 6 nitrogen and oxygen atoms in total. The van der Waals surface area contributed by atoms with E-state index in [1.165, 1.54) is 12.5 Å². The number of likely N-dealkylation sites (tertiary alicyclic amines) is 1. The Morgan fingerprint density at radius 1 is 1.26 bits per heavy atom. The van der Waals surface area contributed by atoms with E-state index >= 15 is 0 Å². The standard InChI is InChI=1S/C17H19N3O3/c1-12-2-3-15(18-10-12)19-16(21)13-4-7-20(8-5-13)17(22)14-6-9-23-11-14/h2-3,6,9-11,13H,4-5,7-8H2,1H3,(H,18,19,21). The van der Waals surface area contributed by atoms with Gasteiger partial charge < -0.3 is 14.6 Å². The molecule has 0 saturated carbocycles. The Labute approximate surface area is 134 Å². The molecule has 0 aromatic carbocycles. The van der Waals surface area contributed by atoms with Gasteiger partial charge in [0.15, 0.2) is 0 Å². The molecular weight excluding hydrogens is 294 g/mol. The van der Waals surface area contributed by atoms with Crippen LogP contribution in [0.2, 0.25) is 0 Å². The zero-order chi connectivity index (χ0) is 16.2. The van der Waals surface area contributed by atoms with Gasteiger partial charge in [0.1, 0.15) is 12.1 Å². The predicted octanol–water partition coefficient (Wildman–Crippen LogP) is 2.47. The number of aromatic nitrogens is 1. The van der Waals surface area contributed by atoms with Crippen molar-refractivity contribution in [2.75, 3.05) is 18.4 Å². The summed E-state index contributed by atoms with van der Waals surface area (Å²) in [7, 11) is 0. The Morgan fingerprint density at radius 3 is 2.65 bits per heavy atom. The molecule has 0 radical (unpaired) electrons. The number of hydrogen-bond acceptors (Lipinski definition) is 4. The number of pyridine rings is 1. The highest BCUT2D eigenvalue weighted by atomic mass is 16.3. The quantitative estimate of drug-likeness (QED) is 0.944. The molecule has 6 heteroatoms. The summed E-state index contributed by atoms with van der Waals surface area (Å²) in [6.07, 6.45) is 5.97. The van der Waals surface area contributed by atoms with E-state index in [4.69, 9.17) is 4.42 Å². The summed E-state index contributed by atoms with van der Waals surface area (Å²) < 4.78 is 4.94. The Bertz CT molecular complexity index is 672. The van der Waals surface area contributed by atoms with E-state index in [0.717, 1.165) is 5.56 Å². The molecule has 1 saturated heterocycles. The number of amides is 2. The minimum atomic E-state index is -0.0912. The largest absolute Gasteiger partial charge is 0.472 e. The van der Waals surface area contributed by atoms with Crippen molar-refractivity contribution >= 4 is 17.6 Å². The molecule has 0 spiro atoms. The predicted molar refractivity (Wildman–Crippen MR) is 84.9 cm³/mol. The fourth-order valence-corrected chi connectivity index (χ4v) is 2.68. The van der Waals surface area contributed by atoms with Gasteiger partial charge in [-0.2, -0.15) is 0 Å². The third kappa shape index (κ3) is 3.59. The third-order valence-electron chi connectivity index (χ3n) is 4.08. The molecule has 0 aliphatic carbocycles. The zero-order valence-electron chi connectivity index (χ0n) is 13.0. The van der Waals surface area contributed by atoms with Crippen molar-refractivity contribution in [1.29, 1.82) is 0 Å². The lowest BCUT2D eigenvalue weighted by atomic mass is 9.95. The number of piperidine rings is 1. The number of nitrogens with one attached hydrogen (secondary N) is 1. The topological polar surface area (TPSA) is 75.4 Å². The molecule has 1 aliphatic rings. The summed E-state index contributed by atoms with van der Waals surface area (Å²) in [6, 6.07) is 5.36. The van der Waals surface area contributed by atoms with Crippen LogP contribution in [-0.4, -0.2) is 34.8 Å². The minimum Gasteiger partial charge on any atom is -0.472 e. The van der Waals surface area contributed by atoms with Crippen LogP contribution in [0.15, 0.2) is 41.3 Å². The van der Waals surface area contributed by atoms with Crippen molar-refractivity contribution < 1.29 is 14.0 Å². The van der Waals surface area contributed by atoms with Crippen molar-refractivity contribution in [2.45, 2.75) is 19.8 Å². The molecule has 3 rings (SSSR count). The van der Waals surface area contributed by atoms with Gasteiger partial charge in [0.05, 0.1) is 11.8 Å². The van der Waals surface area contributed by atoms with Crippen LogP contribution < -0.4 is 5.32 Å². The molecule has 0 bridgehead atoms. The first-order valence-electron chi connectivity index (χ1n) is 7.68. The Morgan fingerprint density at radius 2 is 2.04 bits per heavy atom. The van der Waals surface area contributed by atoms with Crippen molar-refractivity contribution in [2.24, 2.45) is 5.92 Å². The first-order valence-corrected chi connectivity index (χ1v) is 7.68. The number of carbonyl (C=O) groups excluding carboxylic acids is 2. The second-order valence-corrected chi connectivity index (χ2v) is 5.79. The summed E-state index contributed by atoms with van der Waals surface area (Å²) in [5.41, 5.74) is 1.60. The number of nitrogens with zero attached hydrogens (tertiary/aromatic N) is 2. The number of anilines is 1. The van der Waals surface area contributed by atoms with E-state index in [2.05, 4.69) is 10.3 Å². The molecule has 3 heterocycles. The number of carbonyl (C=O) groups is 2. The summed E-state index contributed by atoms with van der Waals surface area (Å²) in [5, 5.41) is 2.84. The van der Waals surface area contributed by atoms with E-state index < -0.39 is 0 Å². The number of aryl methyl sites for hydroxylation is 1. The van der Waals surface area contributed by atoms with Crippen LogP contribution in [0.5, 0.6) is 0 Å². The van der Waals surface area contributed by atoms with Crippen LogP contribution in [0.1, 0.15) is 28.8 Å². The maximum atomic E-state index is 12.3. The van der Waals surface area contributed by atoms with Crippen LogP contribution in [0.3, 0.4) is 0 Å². The molecule has 1 N–H and O–H groups in total. The van der Waals surface area contributed by atoms with Crippen LogP contribution in [0.4, 0.5) is 5.82 Å². The number of rotatable bonds is 3. The second-order valence-electron chi connectivity index (χ2n) is 5.79. The van der Waals surface area contributed by atoms with Gasteiger partial charge in [0, 0.05) is 25.2 Å². The van der Waals surface area contributed by atoms with Crippen molar-refractivity contribution in [3.05, 3.63) is 48.0 Å². The minimum absolute atomic E-state index is 0.0308. The molecule has 2 amide bonds. The normalized spacial score (nSPS) is 15.4. The maximum Gasteiger partial charge on any atom is 0.257 e. The summed E-state index contributed by atoms with van der Waals surface area (Å²) >= 11 is 0. The fourth-order valence-electron chi connectivity index (χ4n) is 2.68. The second kappa shape index (κ2) is 6.64. The first kappa shape index (κ1) is 15.3. The zero-order valence-corrected chi connectivity index (χ0v) is 13.0. The summed E-state index contributed by atoms with van der Waals surface area (Å²) in [5.74, 6) is 0.401. The van der Waals surface area contributed by atoms with Gasteiger partial charge in [-0.15, -0.1) is 0 Å². The van der Waals surface area contributed by atoms with Crippen LogP contribution in [0.25, 0.3) is 0 Å². The number of furan rings is 1. The monoisotopic (exact) mass is 313 g/mol. The van der Waals surface area contributed by atoms with Gasteiger partial charge >= 0.3 is 0 Å². The van der Waals surface area contributed by atoms with Crippen LogP contribution >= 0.6 is 0 Å². The lowest BCUT2D eigenvalue weighted by Crippen LogP contribution is -2.41. The smallest absolute Gasteiger partial charge is 0.257 e. The highest BCUT2D eigenvalue weighted by Crippen LogP contribution is 2.20. The molecule has 1 fully saturated rings. The third-order valence-corrected chi connectivity index (χ3v) is 4.08. The summed E-state index contributed by atoms with van der Waals surface area (Å²) in [4.78, 5) is 30.4. The average Bonchev–Trinajstić information content (AvgIpc) is 3.11. The van der Waals surface area contributed by atoms with Gasteiger partial charge in [-0.05, 0) is 37.5 Å². The molecule has 1 aliphatic heterocycles. The van der Waals surface area contributed by atoms with Gasteiger partial charge in [-0.1, -0.05) is 6.07 Å². The molecule has 2 aromatic rings. The Hall–Kier alpha value is -2.63. The van der Waals surface area contributed by atoms with Crippen molar-refractivity contribution in [3.8, 4) is 0 Å². The molecular formula is C17H19N3O3. The fraction of sp³-hybridized carbons (Fsp3) is 0.353. The SMILES string of the molecule is Cc1ccc(NC(=O)C2CCN(C(=O)c3ccoc3)CC2)nc1. The summed E-state index contributed by atoms with van der Waals surface area (Å²) in [6.45, 7) is 3.10. The van der Waals surface area contributed by atoms with E-state index in [-0.39, 0.29) is 17.7 Å². The molecule has 2 aromatic heterocycles. The lowest BCUT2D eigenvalue weighted by Gasteiger charge is -2.31. The molecule has 23 heavy (non-hydrogen) atoms. The average molecular weight is 313 g/mol. The highest BCUT2D eigenvalue weighted by molar-refractivity contribution is 5.94. The van der Waals surface area contributed by atoms with Crippen LogP contribution in [-0.2, 0) is 4.79 Å². The Kier molecular flexibility index (Phi) is 4.41. The van der Waals surface area contributed by atoms with E-state index in [9.17, 15) is 9.59 Å². The van der Waals surface area contributed by atoms with Gasteiger partial charge in [0.2, 0.25) is 5.91 Å². The molecule has 0 unspecified atom stereocenters. The van der Waals surface area contributed by atoms with Crippen molar-refractivity contribution in [3.63, 3.8) is 0 Å². The van der Waals surface area contributed by atoms with Crippen molar-refractivity contribution in [1.82, 2.24) is 9.88 Å². The molecule has 0 atom stereocenters. The maximum absolute atomic E-state index is 12.3. The highest BCUT2D eigenvalue weighted by Gasteiger charge is 2.28. The van der Waals surface area contributed by atoms with E-state index in [1.807, 2.05) is 13.0 Å².